The van der Waals surface area contributed by atoms with Crippen LogP contribution in [0.25, 0.3) is 5.69 Å². The molecule has 0 aliphatic heterocycles. The summed E-state index contributed by atoms with van der Waals surface area (Å²) in [5.74, 6) is -0.138. The van der Waals surface area contributed by atoms with E-state index in [-0.39, 0.29) is 5.75 Å². The van der Waals surface area contributed by atoms with Gasteiger partial charge < -0.3 is 5.11 Å². The lowest BCUT2D eigenvalue weighted by Gasteiger charge is -2.11. The minimum Gasteiger partial charge on any atom is -0.481 e. The maximum Gasteiger partial charge on any atom is 0.313 e. The lowest BCUT2D eigenvalue weighted by molar-refractivity contribution is -0.133. The van der Waals surface area contributed by atoms with Crippen LogP contribution in [0.5, 0.6) is 0 Å². The van der Waals surface area contributed by atoms with Crippen LogP contribution in [0.4, 0.5) is 0 Å². The zero-order valence-corrected chi connectivity index (χ0v) is 11.9. The first-order chi connectivity index (χ1) is 8.99. The van der Waals surface area contributed by atoms with Crippen molar-refractivity contribution in [1.82, 2.24) is 14.8 Å². The molecule has 1 aromatic carbocycles. The van der Waals surface area contributed by atoms with Crippen molar-refractivity contribution in [2.75, 3.05) is 5.75 Å². The maximum atomic E-state index is 10.7. The molecule has 0 bridgehead atoms. The van der Waals surface area contributed by atoms with Gasteiger partial charge in [-0.3, -0.25) is 9.36 Å². The third-order valence-electron chi connectivity index (χ3n) is 2.71. The second kappa shape index (κ2) is 5.44. The van der Waals surface area contributed by atoms with Gasteiger partial charge in [-0.2, -0.15) is 0 Å². The van der Waals surface area contributed by atoms with Crippen molar-refractivity contribution >= 4 is 17.7 Å². The van der Waals surface area contributed by atoms with Crippen molar-refractivity contribution in [3.05, 3.63) is 35.2 Å². The summed E-state index contributed by atoms with van der Waals surface area (Å²) < 4.78 is 1.89. The third-order valence-corrected chi connectivity index (χ3v) is 3.63. The molecule has 1 heterocycles. The van der Waals surface area contributed by atoms with Crippen LogP contribution < -0.4 is 0 Å². The van der Waals surface area contributed by atoms with Crippen LogP contribution in [0.2, 0.25) is 0 Å². The van der Waals surface area contributed by atoms with Gasteiger partial charge in [0.1, 0.15) is 5.82 Å². The number of thioether (sulfide) groups is 1. The lowest BCUT2D eigenvalue weighted by atomic mass is 10.1. The van der Waals surface area contributed by atoms with Gasteiger partial charge >= 0.3 is 5.97 Å². The molecule has 0 fully saturated rings. The number of rotatable bonds is 4. The normalized spacial score (nSPS) is 10.7. The largest absolute Gasteiger partial charge is 0.481 e. The molecule has 0 saturated carbocycles. The number of hydrogen-bond acceptors (Lipinski definition) is 4. The van der Waals surface area contributed by atoms with E-state index >= 15 is 0 Å². The first-order valence-corrected chi connectivity index (χ1v) is 6.82. The first-order valence-electron chi connectivity index (χ1n) is 5.83. The van der Waals surface area contributed by atoms with Gasteiger partial charge in [-0.1, -0.05) is 29.5 Å². The standard InChI is InChI=1S/C13H15N3O2S/c1-8-4-5-11(9(2)6-8)16-10(3)14-15-13(16)19-7-12(17)18/h4-6H,7H2,1-3H3,(H,17,18). The van der Waals surface area contributed by atoms with Crippen LogP contribution in [0, 0.1) is 20.8 Å². The average Bonchev–Trinajstić information content (AvgIpc) is 2.68. The van der Waals surface area contributed by atoms with E-state index in [0.717, 1.165) is 17.1 Å². The summed E-state index contributed by atoms with van der Waals surface area (Å²) in [5, 5.41) is 17.4. The molecule has 0 radical (unpaired) electrons. The van der Waals surface area contributed by atoms with Gasteiger partial charge in [-0.05, 0) is 32.4 Å². The Hall–Kier alpha value is -1.82. The number of aryl methyl sites for hydroxylation is 3. The van der Waals surface area contributed by atoms with Gasteiger partial charge in [0.05, 0.1) is 11.4 Å². The Morgan fingerprint density at radius 2 is 2.05 bits per heavy atom. The molecular weight excluding hydrogens is 262 g/mol. The Morgan fingerprint density at radius 1 is 1.32 bits per heavy atom. The summed E-state index contributed by atoms with van der Waals surface area (Å²) in [4.78, 5) is 10.7. The highest BCUT2D eigenvalue weighted by molar-refractivity contribution is 7.99. The predicted octanol–water partition coefficient (Wildman–Crippen LogP) is 2.37. The highest BCUT2D eigenvalue weighted by Crippen LogP contribution is 2.24. The molecule has 0 aliphatic carbocycles. The highest BCUT2D eigenvalue weighted by Gasteiger charge is 2.14. The SMILES string of the molecule is Cc1ccc(-n2c(C)nnc2SCC(=O)O)c(C)c1. The number of carboxylic acids is 1. The predicted molar refractivity (Wildman–Crippen MR) is 73.9 cm³/mol. The van der Waals surface area contributed by atoms with Crippen LogP contribution in [0.3, 0.4) is 0 Å². The van der Waals surface area contributed by atoms with E-state index in [9.17, 15) is 4.79 Å². The number of nitrogens with zero attached hydrogens (tertiary/aromatic N) is 3. The Bertz CT molecular complexity index is 622. The Balaban J connectivity index is 2.43. The zero-order valence-electron chi connectivity index (χ0n) is 11.0. The van der Waals surface area contributed by atoms with Crippen molar-refractivity contribution in [3.63, 3.8) is 0 Å². The van der Waals surface area contributed by atoms with Gasteiger partial charge in [-0.15, -0.1) is 10.2 Å². The molecule has 5 nitrogen and oxygen atoms in total. The fourth-order valence-corrected chi connectivity index (χ4v) is 2.61. The summed E-state index contributed by atoms with van der Waals surface area (Å²) in [7, 11) is 0. The Morgan fingerprint density at radius 3 is 2.68 bits per heavy atom. The molecule has 19 heavy (non-hydrogen) atoms. The minimum atomic E-state index is -0.863. The van der Waals surface area contributed by atoms with Crippen molar-refractivity contribution in [2.24, 2.45) is 0 Å². The third kappa shape index (κ3) is 2.96. The number of aliphatic carboxylic acids is 1. The molecule has 1 N–H and O–H groups in total. The summed E-state index contributed by atoms with van der Waals surface area (Å²) in [5.41, 5.74) is 3.28. The molecule has 0 unspecified atom stereocenters. The molecular formula is C13H15N3O2S. The van der Waals surface area contributed by atoms with Gasteiger partial charge in [0.15, 0.2) is 5.16 Å². The highest BCUT2D eigenvalue weighted by atomic mass is 32.2. The maximum absolute atomic E-state index is 10.7. The molecule has 2 rings (SSSR count). The summed E-state index contributed by atoms with van der Waals surface area (Å²) in [6.07, 6.45) is 0. The zero-order chi connectivity index (χ0) is 14.0. The van der Waals surface area contributed by atoms with Crippen LogP contribution in [0.1, 0.15) is 17.0 Å². The molecule has 1 aromatic heterocycles. The van der Waals surface area contributed by atoms with Crippen LogP contribution in [0.15, 0.2) is 23.4 Å². The van der Waals surface area contributed by atoms with Crippen LogP contribution in [-0.4, -0.2) is 31.6 Å². The lowest BCUT2D eigenvalue weighted by Crippen LogP contribution is -2.04. The number of carbonyl (C=O) groups is 1. The first kappa shape index (κ1) is 13.6. The molecule has 6 heteroatoms. The molecule has 0 spiro atoms. The number of carboxylic acid groups (broad SMARTS) is 1. The van der Waals surface area contributed by atoms with Crippen molar-refractivity contribution < 1.29 is 9.90 Å². The second-order valence-electron chi connectivity index (χ2n) is 4.34. The minimum absolute atomic E-state index is 0.0248. The number of hydrogen-bond donors (Lipinski definition) is 1. The fourth-order valence-electron chi connectivity index (χ4n) is 1.90. The Kier molecular flexibility index (Phi) is 3.90. The van der Waals surface area contributed by atoms with E-state index < -0.39 is 5.97 Å². The molecule has 0 saturated heterocycles. The van der Waals surface area contributed by atoms with E-state index in [1.807, 2.05) is 37.5 Å². The van der Waals surface area contributed by atoms with Gasteiger partial charge in [0.2, 0.25) is 0 Å². The van der Waals surface area contributed by atoms with Gasteiger partial charge in [-0.25, -0.2) is 0 Å². The summed E-state index contributed by atoms with van der Waals surface area (Å²) >= 11 is 1.17. The van der Waals surface area contributed by atoms with Gasteiger partial charge in [0, 0.05) is 0 Å². The Labute approximate surface area is 115 Å². The molecule has 100 valence electrons. The fraction of sp³-hybridized carbons (Fsp3) is 0.308. The van der Waals surface area contributed by atoms with Crippen LogP contribution in [-0.2, 0) is 4.79 Å². The van der Waals surface area contributed by atoms with E-state index in [4.69, 9.17) is 5.11 Å². The molecule has 2 aromatic rings. The quantitative estimate of drug-likeness (QED) is 0.869. The van der Waals surface area contributed by atoms with Crippen molar-refractivity contribution in [1.29, 1.82) is 0 Å². The van der Waals surface area contributed by atoms with Crippen molar-refractivity contribution in [2.45, 2.75) is 25.9 Å². The van der Waals surface area contributed by atoms with Gasteiger partial charge in [0.25, 0.3) is 0 Å². The monoisotopic (exact) mass is 277 g/mol. The molecule has 0 aliphatic rings. The molecule has 0 atom stereocenters. The summed E-state index contributed by atoms with van der Waals surface area (Å²) in [6.45, 7) is 5.92. The van der Waals surface area contributed by atoms with Crippen molar-refractivity contribution in [3.8, 4) is 5.69 Å². The van der Waals surface area contributed by atoms with E-state index in [0.29, 0.717) is 5.16 Å². The number of aromatic nitrogens is 3. The molecule has 0 amide bonds. The summed E-state index contributed by atoms with van der Waals surface area (Å²) in [6, 6.07) is 6.11. The topological polar surface area (TPSA) is 68.0 Å². The van der Waals surface area contributed by atoms with E-state index in [1.54, 1.807) is 0 Å². The van der Waals surface area contributed by atoms with Crippen LogP contribution >= 0.6 is 11.8 Å². The smallest absolute Gasteiger partial charge is 0.313 e. The average molecular weight is 277 g/mol. The van der Waals surface area contributed by atoms with E-state index in [2.05, 4.69) is 16.3 Å². The van der Waals surface area contributed by atoms with E-state index in [1.165, 1.54) is 17.3 Å². The number of benzene rings is 1. The second-order valence-corrected chi connectivity index (χ2v) is 5.28.